The van der Waals surface area contributed by atoms with E-state index < -0.39 is 0 Å². The first-order valence-electron chi connectivity index (χ1n) is 6.35. The maximum absolute atomic E-state index is 9.43. The number of nitrogens with zero attached hydrogens (tertiary/aromatic N) is 1. The first kappa shape index (κ1) is 12.2. The first-order chi connectivity index (χ1) is 8.17. The molecule has 17 heavy (non-hydrogen) atoms. The van der Waals surface area contributed by atoms with Crippen LogP contribution in [-0.4, -0.2) is 29.7 Å². The van der Waals surface area contributed by atoms with Crippen molar-refractivity contribution in [1.29, 1.82) is 0 Å². The Bertz CT molecular complexity index is 388. The largest absolute Gasteiger partial charge is 0.508 e. The van der Waals surface area contributed by atoms with Crippen LogP contribution in [0.2, 0.25) is 0 Å². The van der Waals surface area contributed by atoms with Gasteiger partial charge in [0.1, 0.15) is 18.1 Å². The van der Waals surface area contributed by atoms with Crippen molar-refractivity contribution in [2.75, 3.05) is 13.7 Å². The molecule has 1 heterocycles. The smallest absolute Gasteiger partial charge is 0.127 e. The second kappa shape index (κ2) is 4.96. The summed E-state index contributed by atoms with van der Waals surface area (Å²) >= 11 is 0. The van der Waals surface area contributed by atoms with E-state index in [1.807, 2.05) is 6.07 Å². The van der Waals surface area contributed by atoms with E-state index in [4.69, 9.17) is 4.74 Å². The van der Waals surface area contributed by atoms with E-state index in [1.165, 1.54) is 5.56 Å². The van der Waals surface area contributed by atoms with Gasteiger partial charge in [0.2, 0.25) is 0 Å². The molecule has 1 aromatic carbocycles. The van der Waals surface area contributed by atoms with Gasteiger partial charge in [-0.25, -0.2) is 0 Å². The molecule has 0 fully saturated rings. The summed E-state index contributed by atoms with van der Waals surface area (Å²) in [5, 5.41) is 9.43. The molecule has 0 aliphatic carbocycles. The van der Waals surface area contributed by atoms with E-state index in [0.29, 0.717) is 18.7 Å². The van der Waals surface area contributed by atoms with Gasteiger partial charge < -0.3 is 9.84 Å². The second-order valence-electron chi connectivity index (χ2n) is 4.68. The number of phenols is 1. The van der Waals surface area contributed by atoms with Gasteiger partial charge in [0.25, 0.3) is 0 Å². The molecule has 1 unspecified atom stereocenters. The summed E-state index contributed by atoms with van der Waals surface area (Å²) in [5.74, 6) is 1.10. The minimum absolute atomic E-state index is 0.273. The van der Waals surface area contributed by atoms with Crippen molar-refractivity contribution < 1.29 is 9.84 Å². The Labute approximate surface area is 103 Å². The normalized spacial score (nSPS) is 18.5. The molecule has 0 bridgehead atoms. The number of hydrogen-bond acceptors (Lipinski definition) is 3. The Hall–Kier alpha value is -1.22. The molecular weight excluding hydrogens is 214 g/mol. The number of phenolic OH excluding ortho intramolecular Hbond substituents is 1. The number of hydrogen-bond donors (Lipinski definition) is 1. The highest BCUT2D eigenvalue weighted by atomic mass is 16.5. The van der Waals surface area contributed by atoms with Gasteiger partial charge in [-0.3, -0.25) is 4.90 Å². The third-order valence-electron chi connectivity index (χ3n) is 3.76. The molecule has 0 aromatic heterocycles. The lowest BCUT2D eigenvalue weighted by molar-refractivity contribution is 0.138. The fourth-order valence-electron chi connectivity index (χ4n) is 2.64. The highest BCUT2D eigenvalue weighted by molar-refractivity contribution is 5.44. The van der Waals surface area contributed by atoms with E-state index in [2.05, 4.69) is 25.8 Å². The van der Waals surface area contributed by atoms with Crippen LogP contribution in [0.15, 0.2) is 18.2 Å². The van der Waals surface area contributed by atoms with E-state index in [1.54, 1.807) is 12.1 Å². The van der Waals surface area contributed by atoms with Crippen LogP contribution < -0.4 is 4.74 Å². The van der Waals surface area contributed by atoms with Gasteiger partial charge in [0, 0.05) is 17.7 Å². The van der Waals surface area contributed by atoms with E-state index in [9.17, 15) is 5.11 Å². The van der Waals surface area contributed by atoms with Crippen LogP contribution in [0.4, 0.5) is 0 Å². The Morgan fingerprint density at radius 1 is 1.41 bits per heavy atom. The molecule has 0 saturated carbocycles. The third kappa shape index (κ3) is 2.25. The average molecular weight is 235 g/mol. The van der Waals surface area contributed by atoms with Crippen molar-refractivity contribution in [3.8, 4) is 11.5 Å². The summed E-state index contributed by atoms with van der Waals surface area (Å²) in [7, 11) is 2.16. The standard InChI is InChI=1S/C14H21NO2/c1-4-10(5-2)15(3)13-9-17-14-8-11(16)6-7-12(13)14/h6-8,10,13,16H,4-5,9H2,1-3H3. The summed E-state index contributed by atoms with van der Waals surface area (Å²) in [5.41, 5.74) is 1.19. The number of rotatable bonds is 4. The van der Waals surface area contributed by atoms with E-state index in [-0.39, 0.29) is 5.75 Å². The van der Waals surface area contributed by atoms with Gasteiger partial charge >= 0.3 is 0 Å². The molecule has 1 aromatic rings. The van der Waals surface area contributed by atoms with Crippen LogP contribution in [0.3, 0.4) is 0 Å². The fourth-order valence-corrected chi connectivity index (χ4v) is 2.64. The lowest BCUT2D eigenvalue weighted by atomic mass is 10.0. The van der Waals surface area contributed by atoms with Crippen LogP contribution in [0.5, 0.6) is 11.5 Å². The van der Waals surface area contributed by atoms with Crippen LogP contribution in [-0.2, 0) is 0 Å². The number of fused-ring (bicyclic) bond motifs is 1. The summed E-state index contributed by atoms with van der Waals surface area (Å²) in [6.45, 7) is 5.13. The molecule has 1 aliphatic heterocycles. The maximum atomic E-state index is 9.43. The van der Waals surface area contributed by atoms with Gasteiger partial charge in [-0.15, -0.1) is 0 Å². The Morgan fingerprint density at radius 2 is 2.12 bits per heavy atom. The summed E-state index contributed by atoms with van der Waals surface area (Å²) in [4.78, 5) is 2.39. The van der Waals surface area contributed by atoms with Gasteiger partial charge in [0.15, 0.2) is 0 Å². The van der Waals surface area contributed by atoms with Crippen molar-refractivity contribution in [3.63, 3.8) is 0 Å². The molecule has 0 radical (unpaired) electrons. The minimum Gasteiger partial charge on any atom is -0.508 e. The summed E-state index contributed by atoms with van der Waals surface area (Å²) in [6, 6.07) is 6.32. The fraction of sp³-hybridized carbons (Fsp3) is 0.571. The minimum atomic E-state index is 0.273. The maximum Gasteiger partial charge on any atom is 0.127 e. The monoisotopic (exact) mass is 235 g/mol. The Morgan fingerprint density at radius 3 is 2.76 bits per heavy atom. The van der Waals surface area contributed by atoms with Gasteiger partial charge in [-0.1, -0.05) is 13.8 Å². The van der Waals surface area contributed by atoms with Gasteiger partial charge in [-0.05, 0) is 32.0 Å². The molecule has 0 spiro atoms. The van der Waals surface area contributed by atoms with Crippen molar-refractivity contribution >= 4 is 0 Å². The SMILES string of the molecule is CCC(CC)N(C)C1COc2cc(O)ccc21. The average Bonchev–Trinajstić information content (AvgIpc) is 2.73. The zero-order valence-electron chi connectivity index (χ0n) is 10.8. The van der Waals surface area contributed by atoms with Crippen LogP contribution in [0, 0.1) is 0 Å². The first-order valence-corrected chi connectivity index (χ1v) is 6.35. The lowest BCUT2D eigenvalue weighted by Gasteiger charge is -2.31. The molecule has 3 nitrogen and oxygen atoms in total. The van der Waals surface area contributed by atoms with Crippen LogP contribution >= 0.6 is 0 Å². The van der Waals surface area contributed by atoms with Crippen molar-refractivity contribution in [2.24, 2.45) is 0 Å². The molecule has 2 rings (SSSR count). The zero-order valence-corrected chi connectivity index (χ0v) is 10.8. The zero-order chi connectivity index (χ0) is 12.4. The quantitative estimate of drug-likeness (QED) is 0.871. The van der Waals surface area contributed by atoms with Crippen LogP contribution in [0.25, 0.3) is 0 Å². The van der Waals surface area contributed by atoms with Crippen molar-refractivity contribution in [3.05, 3.63) is 23.8 Å². The van der Waals surface area contributed by atoms with Gasteiger partial charge in [0.05, 0.1) is 6.04 Å². The second-order valence-corrected chi connectivity index (χ2v) is 4.68. The van der Waals surface area contributed by atoms with Crippen molar-refractivity contribution in [1.82, 2.24) is 4.90 Å². The van der Waals surface area contributed by atoms with Crippen LogP contribution in [0.1, 0.15) is 38.3 Å². The third-order valence-corrected chi connectivity index (χ3v) is 3.76. The molecule has 1 N–H and O–H groups in total. The molecule has 0 saturated heterocycles. The van der Waals surface area contributed by atoms with Gasteiger partial charge in [-0.2, -0.15) is 0 Å². The summed E-state index contributed by atoms with van der Waals surface area (Å²) in [6.07, 6.45) is 2.30. The van der Waals surface area contributed by atoms with E-state index >= 15 is 0 Å². The molecule has 1 atom stereocenters. The Kier molecular flexibility index (Phi) is 3.57. The highest BCUT2D eigenvalue weighted by Gasteiger charge is 2.30. The predicted octanol–water partition coefficient (Wildman–Crippen LogP) is 2.95. The summed E-state index contributed by atoms with van der Waals surface area (Å²) < 4.78 is 5.65. The molecular formula is C14H21NO2. The highest BCUT2D eigenvalue weighted by Crippen LogP contribution is 2.38. The molecule has 1 aliphatic rings. The lowest BCUT2D eigenvalue weighted by Crippen LogP contribution is -2.35. The molecule has 0 amide bonds. The number of ether oxygens (including phenoxy) is 1. The molecule has 94 valence electrons. The van der Waals surface area contributed by atoms with E-state index in [0.717, 1.165) is 18.6 Å². The number of likely N-dealkylation sites (N-methyl/N-ethyl adjacent to an activating group) is 1. The van der Waals surface area contributed by atoms with Crippen molar-refractivity contribution in [2.45, 2.75) is 38.8 Å². The predicted molar refractivity (Wildman–Crippen MR) is 68.5 cm³/mol. The Balaban J connectivity index is 2.21. The number of aromatic hydroxyl groups is 1. The number of benzene rings is 1. The molecule has 3 heteroatoms. The topological polar surface area (TPSA) is 32.7 Å².